The van der Waals surface area contributed by atoms with Gasteiger partial charge in [-0.1, -0.05) is 6.92 Å². The molecule has 0 saturated heterocycles. The number of rotatable bonds is 9. The lowest BCUT2D eigenvalue weighted by Crippen LogP contribution is -2.31. The molecule has 0 bridgehead atoms. The molecule has 116 valence electrons. The molecule has 8 nitrogen and oxygen atoms in total. The minimum atomic E-state index is -0.0565. The van der Waals surface area contributed by atoms with Crippen molar-refractivity contribution in [3.05, 3.63) is 0 Å². The number of amides is 1. The average Bonchev–Trinajstić information content (AvgIpc) is 3.27. The van der Waals surface area contributed by atoms with Crippen LogP contribution in [0.1, 0.15) is 33.1 Å². The van der Waals surface area contributed by atoms with E-state index in [1.807, 2.05) is 13.8 Å². The van der Waals surface area contributed by atoms with Crippen LogP contribution in [-0.4, -0.2) is 46.6 Å². The van der Waals surface area contributed by atoms with Gasteiger partial charge in [0.2, 0.25) is 17.8 Å². The highest BCUT2D eigenvalue weighted by Crippen LogP contribution is 2.18. The number of hydrogen-bond acceptors (Lipinski definition) is 7. The molecule has 1 saturated carbocycles. The summed E-state index contributed by atoms with van der Waals surface area (Å²) in [5, 5.41) is 8.80. The summed E-state index contributed by atoms with van der Waals surface area (Å²) in [4.78, 5) is 24.1. The maximum atomic E-state index is 11.6. The lowest BCUT2D eigenvalue weighted by molar-refractivity contribution is -0.119. The van der Waals surface area contributed by atoms with Gasteiger partial charge < -0.3 is 20.7 Å². The van der Waals surface area contributed by atoms with Crippen LogP contribution in [0.15, 0.2) is 0 Å². The van der Waals surface area contributed by atoms with Crippen LogP contribution in [0.4, 0.5) is 11.9 Å². The molecular formula is C13H22N6O2. The van der Waals surface area contributed by atoms with E-state index in [1.165, 1.54) is 0 Å². The van der Waals surface area contributed by atoms with Gasteiger partial charge in [0.1, 0.15) is 0 Å². The first-order valence-corrected chi connectivity index (χ1v) is 7.37. The topological polar surface area (TPSA) is 101 Å². The van der Waals surface area contributed by atoms with Gasteiger partial charge in [0.25, 0.3) is 0 Å². The maximum Gasteiger partial charge on any atom is 0.323 e. The molecule has 8 heteroatoms. The Kier molecular flexibility index (Phi) is 5.53. The van der Waals surface area contributed by atoms with Crippen LogP contribution in [-0.2, 0) is 4.79 Å². The molecule has 0 aromatic carbocycles. The van der Waals surface area contributed by atoms with E-state index in [0.29, 0.717) is 31.1 Å². The SMILES string of the molecule is CCCOc1nc(NCC)nc(NCC(=O)NC2CC2)n1. The Balaban J connectivity index is 1.94. The van der Waals surface area contributed by atoms with Crippen LogP contribution in [0.2, 0.25) is 0 Å². The maximum absolute atomic E-state index is 11.6. The Morgan fingerprint density at radius 2 is 1.90 bits per heavy atom. The molecule has 1 amide bonds. The van der Waals surface area contributed by atoms with Crippen molar-refractivity contribution in [2.45, 2.75) is 39.2 Å². The van der Waals surface area contributed by atoms with Crippen molar-refractivity contribution >= 4 is 17.8 Å². The fourth-order valence-corrected chi connectivity index (χ4v) is 1.60. The summed E-state index contributed by atoms with van der Waals surface area (Å²) in [5.74, 6) is 0.709. The second-order valence-corrected chi connectivity index (χ2v) is 4.84. The summed E-state index contributed by atoms with van der Waals surface area (Å²) in [6.07, 6.45) is 3.00. The van der Waals surface area contributed by atoms with E-state index in [1.54, 1.807) is 0 Å². The minimum absolute atomic E-state index is 0.0565. The molecule has 0 spiro atoms. The van der Waals surface area contributed by atoms with Crippen LogP contribution in [0.5, 0.6) is 6.01 Å². The quantitative estimate of drug-likeness (QED) is 0.618. The van der Waals surface area contributed by atoms with E-state index in [-0.39, 0.29) is 18.5 Å². The average molecular weight is 294 g/mol. The molecule has 0 aliphatic heterocycles. The van der Waals surface area contributed by atoms with E-state index >= 15 is 0 Å². The van der Waals surface area contributed by atoms with Gasteiger partial charge in [-0.05, 0) is 26.2 Å². The van der Waals surface area contributed by atoms with Crippen LogP contribution in [0, 0.1) is 0 Å². The van der Waals surface area contributed by atoms with Crippen LogP contribution < -0.4 is 20.7 Å². The van der Waals surface area contributed by atoms with Crippen LogP contribution in [0.25, 0.3) is 0 Å². The number of hydrogen-bond donors (Lipinski definition) is 3. The molecule has 2 rings (SSSR count). The Labute approximate surface area is 124 Å². The van der Waals surface area contributed by atoms with Gasteiger partial charge in [-0.2, -0.15) is 15.0 Å². The van der Waals surface area contributed by atoms with Crippen molar-refractivity contribution < 1.29 is 9.53 Å². The van der Waals surface area contributed by atoms with Gasteiger partial charge in [-0.15, -0.1) is 0 Å². The van der Waals surface area contributed by atoms with Gasteiger partial charge in [0.15, 0.2) is 0 Å². The molecule has 0 unspecified atom stereocenters. The predicted octanol–water partition coefficient (Wildman–Crippen LogP) is 0.783. The van der Waals surface area contributed by atoms with E-state index in [9.17, 15) is 4.79 Å². The molecule has 1 fully saturated rings. The van der Waals surface area contributed by atoms with Gasteiger partial charge in [0, 0.05) is 12.6 Å². The number of anilines is 2. The van der Waals surface area contributed by atoms with Gasteiger partial charge in [0.05, 0.1) is 13.2 Å². The third-order valence-electron chi connectivity index (χ3n) is 2.73. The molecule has 1 aromatic heterocycles. The smallest absolute Gasteiger partial charge is 0.323 e. The summed E-state index contributed by atoms with van der Waals surface area (Å²) in [7, 11) is 0. The molecule has 1 aromatic rings. The zero-order chi connectivity index (χ0) is 15.1. The number of aromatic nitrogens is 3. The Morgan fingerprint density at radius 3 is 2.52 bits per heavy atom. The van der Waals surface area contributed by atoms with E-state index in [0.717, 1.165) is 19.3 Å². The number of ether oxygens (including phenoxy) is 1. The highest BCUT2D eigenvalue weighted by atomic mass is 16.5. The number of carbonyl (C=O) groups excluding carboxylic acids is 1. The summed E-state index contributed by atoms with van der Waals surface area (Å²) >= 11 is 0. The molecule has 0 radical (unpaired) electrons. The number of nitrogens with zero attached hydrogens (tertiary/aromatic N) is 3. The van der Waals surface area contributed by atoms with Crippen LogP contribution in [0.3, 0.4) is 0 Å². The van der Waals surface area contributed by atoms with Crippen molar-refractivity contribution in [2.75, 3.05) is 30.3 Å². The van der Waals surface area contributed by atoms with Crippen molar-refractivity contribution in [1.82, 2.24) is 20.3 Å². The number of nitrogens with one attached hydrogen (secondary N) is 3. The zero-order valence-electron chi connectivity index (χ0n) is 12.5. The summed E-state index contributed by atoms with van der Waals surface area (Å²) < 4.78 is 5.42. The summed E-state index contributed by atoms with van der Waals surface area (Å²) in [6, 6.07) is 0.603. The fourth-order valence-electron chi connectivity index (χ4n) is 1.60. The Morgan fingerprint density at radius 1 is 1.19 bits per heavy atom. The fraction of sp³-hybridized carbons (Fsp3) is 0.692. The standard InChI is InChI=1S/C13H22N6O2/c1-3-7-21-13-18-11(14-4-2)17-12(19-13)15-8-10(20)16-9-5-6-9/h9H,3-8H2,1-2H3,(H,16,20)(H2,14,15,17,18,19). The van der Waals surface area contributed by atoms with Crippen molar-refractivity contribution in [1.29, 1.82) is 0 Å². The highest BCUT2D eigenvalue weighted by Gasteiger charge is 2.23. The molecule has 1 aliphatic carbocycles. The van der Waals surface area contributed by atoms with Gasteiger partial charge in [-0.25, -0.2) is 0 Å². The highest BCUT2D eigenvalue weighted by molar-refractivity contribution is 5.80. The normalized spacial score (nSPS) is 13.6. The van der Waals surface area contributed by atoms with E-state index in [4.69, 9.17) is 4.74 Å². The summed E-state index contributed by atoms with van der Waals surface area (Å²) in [5.41, 5.74) is 0. The third kappa shape index (κ3) is 5.41. The van der Waals surface area contributed by atoms with Gasteiger partial charge in [-0.3, -0.25) is 4.79 Å². The molecule has 1 aliphatic rings. The lowest BCUT2D eigenvalue weighted by Gasteiger charge is -2.09. The Hall–Kier alpha value is -2.12. The molecule has 21 heavy (non-hydrogen) atoms. The monoisotopic (exact) mass is 294 g/mol. The largest absolute Gasteiger partial charge is 0.463 e. The second-order valence-electron chi connectivity index (χ2n) is 4.84. The van der Waals surface area contributed by atoms with Gasteiger partial charge >= 0.3 is 6.01 Å². The molecular weight excluding hydrogens is 272 g/mol. The van der Waals surface area contributed by atoms with Crippen molar-refractivity contribution in [3.8, 4) is 6.01 Å². The van der Waals surface area contributed by atoms with Crippen LogP contribution >= 0.6 is 0 Å². The zero-order valence-corrected chi connectivity index (χ0v) is 12.5. The first-order chi connectivity index (χ1) is 10.2. The first kappa shape index (κ1) is 15.3. The molecule has 1 heterocycles. The Bertz CT molecular complexity index is 478. The van der Waals surface area contributed by atoms with Crippen molar-refractivity contribution in [3.63, 3.8) is 0 Å². The van der Waals surface area contributed by atoms with Crippen molar-refractivity contribution in [2.24, 2.45) is 0 Å². The lowest BCUT2D eigenvalue weighted by atomic mass is 10.5. The molecule has 0 atom stereocenters. The third-order valence-corrected chi connectivity index (χ3v) is 2.73. The van der Waals surface area contributed by atoms with E-state index in [2.05, 4.69) is 30.9 Å². The minimum Gasteiger partial charge on any atom is -0.463 e. The number of carbonyl (C=O) groups is 1. The summed E-state index contributed by atoms with van der Waals surface area (Å²) in [6.45, 7) is 5.33. The van der Waals surface area contributed by atoms with E-state index < -0.39 is 0 Å². The predicted molar refractivity (Wildman–Crippen MR) is 79.4 cm³/mol. The first-order valence-electron chi connectivity index (χ1n) is 7.37. The second kappa shape index (κ2) is 7.61. The molecule has 3 N–H and O–H groups in total.